The largest absolute Gasteiger partial charge is 0.481 e. The molecule has 0 amide bonds. The lowest BCUT2D eigenvalue weighted by Gasteiger charge is -2.21. The molecular weight excluding hydrogens is 220 g/mol. The number of carbonyl (C=O) groups is 2. The molecule has 0 rings (SSSR count). The van der Waals surface area contributed by atoms with Gasteiger partial charge >= 0.3 is 11.9 Å². The zero-order chi connectivity index (χ0) is 13.6. The monoisotopic (exact) mass is 244 g/mol. The van der Waals surface area contributed by atoms with Crippen LogP contribution in [-0.4, -0.2) is 22.6 Å². The Balaban J connectivity index is 4.26. The van der Waals surface area contributed by atoms with Crippen LogP contribution in [0.25, 0.3) is 0 Å². The van der Waals surface area contributed by atoms with Gasteiger partial charge in [-0.1, -0.05) is 20.3 Å². The molecule has 0 aliphatic carbocycles. The van der Waals surface area contributed by atoms with Crippen LogP contribution in [0.5, 0.6) is 0 Å². The van der Waals surface area contributed by atoms with Crippen LogP contribution in [0.1, 0.15) is 53.9 Å². The van der Waals surface area contributed by atoms with Crippen LogP contribution in [0.2, 0.25) is 0 Å². The van der Waals surface area contributed by atoms with Gasteiger partial charge in [0, 0.05) is 0 Å². The van der Waals surface area contributed by atoms with Gasteiger partial charge in [0.1, 0.15) is 5.60 Å². The van der Waals surface area contributed by atoms with Crippen molar-refractivity contribution in [3.63, 3.8) is 0 Å². The van der Waals surface area contributed by atoms with Crippen molar-refractivity contribution in [3.05, 3.63) is 0 Å². The number of ether oxygens (including phenoxy) is 1. The minimum atomic E-state index is -0.920. The van der Waals surface area contributed by atoms with E-state index in [1.165, 1.54) is 0 Å². The molecule has 0 unspecified atom stereocenters. The number of carboxylic acid groups (broad SMARTS) is 1. The quantitative estimate of drug-likeness (QED) is 0.730. The van der Waals surface area contributed by atoms with Crippen molar-refractivity contribution in [2.45, 2.75) is 59.5 Å². The van der Waals surface area contributed by atoms with E-state index in [1.54, 1.807) is 20.8 Å². The summed E-state index contributed by atoms with van der Waals surface area (Å²) in [5.74, 6) is -1.55. The van der Waals surface area contributed by atoms with Gasteiger partial charge in [-0.3, -0.25) is 9.59 Å². The molecule has 100 valence electrons. The first kappa shape index (κ1) is 15.9. The summed E-state index contributed by atoms with van der Waals surface area (Å²) in [6.07, 6.45) is 1.28. The maximum absolute atomic E-state index is 11.5. The second kappa shape index (κ2) is 6.62. The highest BCUT2D eigenvalue weighted by Crippen LogP contribution is 2.18. The zero-order valence-corrected chi connectivity index (χ0v) is 11.4. The molecule has 0 bridgehead atoms. The third kappa shape index (κ3) is 8.72. The molecule has 0 aromatic heterocycles. The summed E-state index contributed by atoms with van der Waals surface area (Å²) in [5.41, 5.74) is -0.557. The molecule has 0 fully saturated rings. The summed E-state index contributed by atoms with van der Waals surface area (Å²) in [4.78, 5) is 22.5. The smallest absolute Gasteiger partial charge is 0.307 e. The molecule has 0 aromatic rings. The highest BCUT2D eigenvalue weighted by Gasteiger charge is 2.24. The fourth-order valence-electron chi connectivity index (χ4n) is 1.43. The predicted octanol–water partition coefficient (Wildman–Crippen LogP) is 2.86. The number of rotatable bonds is 6. The van der Waals surface area contributed by atoms with Gasteiger partial charge in [0.25, 0.3) is 0 Å². The number of hydrogen-bond donors (Lipinski definition) is 1. The first-order valence-corrected chi connectivity index (χ1v) is 6.06. The summed E-state index contributed by atoms with van der Waals surface area (Å²) in [6.45, 7) is 9.39. The number of aliphatic carboxylic acids is 1. The Morgan fingerprint density at radius 2 is 1.71 bits per heavy atom. The molecule has 0 saturated heterocycles. The maximum Gasteiger partial charge on any atom is 0.307 e. The SMILES string of the molecule is CC(C)CC[C@H](CC(=O)OC(C)(C)C)C(=O)O. The molecule has 0 aliphatic rings. The van der Waals surface area contributed by atoms with E-state index in [9.17, 15) is 9.59 Å². The lowest BCUT2D eigenvalue weighted by atomic mass is 9.95. The molecular formula is C13H24O4. The van der Waals surface area contributed by atoms with Crippen molar-refractivity contribution in [3.8, 4) is 0 Å². The van der Waals surface area contributed by atoms with Gasteiger partial charge in [0.05, 0.1) is 12.3 Å². The van der Waals surface area contributed by atoms with Gasteiger partial charge in [0.15, 0.2) is 0 Å². The van der Waals surface area contributed by atoms with Gasteiger partial charge in [-0.15, -0.1) is 0 Å². The lowest BCUT2D eigenvalue weighted by molar-refractivity contribution is -0.160. The highest BCUT2D eigenvalue weighted by atomic mass is 16.6. The third-order valence-corrected chi connectivity index (χ3v) is 2.27. The number of carbonyl (C=O) groups excluding carboxylic acids is 1. The van der Waals surface area contributed by atoms with E-state index in [1.807, 2.05) is 13.8 Å². The van der Waals surface area contributed by atoms with E-state index >= 15 is 0 Å². The molecule has 4 nitrogen and oxygen atoms in total. The molecule has 0 aromatic carbocycles. The van der Waals surface area contributed by atoms with Crippen LogP contribution >= 0.6 is 0 Å². The van der Waals surface area contributed by atoms with Crippen molar-refractivity contribution >= 4 is 11.9 Å². The fraction of sp³-hybridized carbons (Fsp3) is 0.846. The van der Waals surface area contributed by atoms with Crippen molar-refractivity contribution in [2.24, 2.45) is 11.8 Å². The van der Waals surface area contributed by atoms with Gasteiger partial charge in [-0.25, -0.2) is 0 Å². The van der Waals surface area contributed by atoms with Gasteiger partial charge in [-0.05, 0) is 33.1 Å². The number of esters is 1. The van der Waals surface area contributed by atoms with Crippen LogP contribution in [0.4, 0.5) is 0 Å². The molecule has 1 N–H and O–H groups in total. The van der Waals surface area contributed by atoms with Crippen LogP contribution in [0.3, 0.4) is 0 Å². The third-order valence-electron chi connectivity index (χ3n) is 2.27. The van der Waals surface area contributed by atoms with Crippen LogP contribution in [-0.2, 0) is 14.3 Å². The summed E-state index contributed by atoms with van der Waals surface area (Å²) in [5, 5.41) is 9.03. The summed E-state index contributed by atoms with van der Waals surface area (Å²) >= 11 is 0. The molecule has 1 atom stereocenters. The Hall–Kier alpha value is -1.06. The molecule has 17 heavy (non-hydrogen) atoms. The normalized spacial score (nSPS) is 13.5. The van der Waals surface area contributed by atoms with Crippen molar-refractivity contribution in [2.75, 3.05) is 0 Å². The number of hydrogen-bond acceptors (Lipinski definition) is 3. The van der Waals surface area contributed by atoms with Gasteiger partial charge < -0.3 is 9.84 Å². The van der Waals surface area contributed by atoms with Crippen molar-refractivity contribution < 1.29 is 19.4 Å². The lowest BCUT2D eigenvalue weighted by Crippen LogP contribution is -2.27. The first-order chi connectivity index (χ1) is 7.61. The number of carboxylic acids is 1. The molecule has 0 saturated carbocycles. The van der Waals surface area contributed by atoms with E-state index < -0.39 is 23.5 Å². The van der Waals surface area contributed by atoms with E-state index in [4.69, 9.17) is 9.84 Å². The first-order valence-electron chi connectivity index (χ1n) is 6.06. The Bertz CT molecular complexity index is 263. The van der Waals surface area contributed by atoms with Crippen LogP contribution < -0.4 is 0 Å². The fourth-order valence-corrected chi connectivity index (χ4v) is 1.43. The van der Waals surface area contributed by atoms with E-state index in [0.29, 0.717) is 12.3 Å². The van der Waals surface area contributed by atoms with E-state index in [0.717, 1.165) is 6.42 Å². The zero-order valence-electron chi connectivity index (χ0n) is 11.4. The Morgan fingerprint density at radius 1 is 1.18 bits per heavy atom. The average Bonchev–Trinajstić information content (AvgIpc) is 2.08. The van der Waals surface area contributed by atoms with E-state index in [-0.39, 0.29) is 6.42 Å². The summed E-state index contributed by atoms with van der Waals surface area (Å²) in [7, 11) is 0. The average molecular weight is 244 g/mol. The molecule has 0 spiro atoms. The summed E-state index contributed by atoms with van der Waals surface area (Å²) in [6, 6.07) is 0. The Labute approximate surface area is 103 Å². The topological polar surface area (TPSA) is 63.6 Å². The molecule has 0 aliphatic heterocycles. The van der Waals surface area contributed by atoms with E-state index in [2.05, 4.69) is 0 Å². The maximum atomic E-state index is 11.5. The highest BCUT2D eigenvalue weighted by molar-refractivity contribution is 5.78. The second-order valence-corrected chi connectivity index (χ2v) is 5.80. The van der Waals surface area contributed by atoms with Gasteiger partial charge in [0.2, 0.25) is 0 Å². The molecule has 0 radical (unpaired) electrons. The predicted molar refractivity (Wildman–Crippen MR) is 65.7 cm³/mol. The summed E-state index contributed by atoms with van der Waals surface area (Å²) < 4.78 is 5.12. The molecule has 4 heteroatoms. The van der Waals surface area contributed by atoms with Crippen molar-refractivity contribution in [1.29, 1.82) is 0 Å². The minimum Gasteiger partial charge on any atom is -0.481 e. The second-order valence-electron chi connectivity index (χ2n) is 5.80. The standard InChI is InChI=1S/C13H24O4/c1-9(2)6-7-10(12(15)16)8-11(14)17-13(3,4)5/h9-10H,6-8H2,1-5H3,(H,15,16)/t10-/m1/s1. The Kier molecular flexibility index (Phi) is 6.21. The van der Waals surface area contributed by atoms with Crippen LogP contribution in [0, 0.1) is 11.8 Å². The Morgan fingerprint density at radius 3 is 2.06 bits per heavy atom. The van der Waals surface area contributed by atoms with Crippen LogP contribution in [0.15, 0.2) is 0 Å². The molecule has 0 heterocycles. The van der Waals surface area contributed by atoms with Crippen molar-refractivity contribution in [1.82, 2.24) is 0 Å². The van der Waals surface area contributed by atoms with Gasteiger partial charge in [-0.2, -0.15) is 0 Å². The minimum absolute atomic E-state index is 0.0423.